The highest BCUT2D eigenvalue weighted by atomic mass is 127. The second-order valence-corrected chi connectivity index (χ2v) is 6.12. The van der Waals surface area contributed by atoms with E-state index in [1.165, 1.54) is 0 Å². The molecule has 3 aromatic rings. The lowest BCUT2D eigenvalue weighted by Gasteiger charge is -2.11. The summed E-state index contributed by atoms with van der Waals surface area (Å²) < 4.78 is 0.923. The molecule has 0 saturated carbocycles. The minimum absolute atomic E-state index is 0.293. The Balaban J connectivity index is 2.18. The molecule has 0 amide bonds. The van der Waals surface area contributed by atoms with Crippen LogP contribution in [-0.2, 0) is 0 Å². The maximum atomic E-state index is 6.02. The van der Waals surface area contributed by atoms with Crippen LogP contribution in [-0.4, -0.2) is 19.9 Å². The van der Waals surface area contributed by atoms with Gasteiger partial charge in [-0.25, -0.2) is 9.97 Å². The van der Waals surface area contributed by atoms with Crippen LogP contribution in [0.25, 0.3) is 22.4 Å². The molecule has 0 bridgehead atoms. The van der Waals surface area contributed by atoms with Crippen LogP contribution in [0.15, 0.2) is 30.6 Å². The van der Waals surface area contributed by atoms with Crippen LogP contribution in [0.4, 0.5) is 5.82 Å². The monoisotopic (exact) mass is 391 g/mol. The number of nitrogen functional groups attached to an aromatic ring is 1. The molecular weight excluding hydrogens is 377 g/mol. The minimum Gasteiger partial charge on any atom is -0.383 e. The molecule has 0 atom stereocenters. The van der Waals surface area contributed by atoms with Crippen molar-refractivity contribution in [1.29, 1.82) is 0 Å². The Morgan fingerprint density at radius 3 is 2.48 bits per heavy atom. The van der Waals surface area contributed by atoms with Crippen LogP contribution in [0.2, 0.25) is 0 Å². The van der Waals surface area contributed by atoms with Crippen LogP contribution in [0, 0.1) is 3.57 Å². The summed E-state index contributed by atoms with van der Waals surface area (Å²) in [5, 5.41) is 0. The van der Waals surface area contributed by atoms with E-state index in [2.05, 4.69) is 56.4 Å². The Morgan fingerprint density at radius 1 is 1.05 bits per heavy atom. The molecule has 0 aliphatic carbocycles. The van der Waals surface area contributed by atoms with Crippen molar-refractivity contribution in [3.05, 3.63) is 39.9 Å². The van der Waals surface area contributed by atoms with Gasteiger partial charge >= 0.3 is 0 Å². The van der Waals surface area contributed by atoms with E-state index in [9.17, 15) is 0 Å². The highest BCUT2D eigenvalue weighted by Crippen LogP contribution is 2.27. The van der Waals surface area contributed by atoms with Gasteiger partial charge in [-0.3, -0.25) is 9.97 Å². The van der Waals surface area contributed by atoms with Gasteiger partial charge in [0.1, 0.15) is 5.82 Å². The van der Waals surface area contributed by atoms with E-state index < -0.39 is 0 Å². The number of aromatic nitrogens is 4. The van der Waals surface area contributed by atoms with Crippen molar-refractivity contribution >= 4 is 39.4 Å². The molecule has 2 aromatic heterocycles. The number of halogens is 1. The summed E-state index contributed by atoms with van der Waals surface area (Å²) in [4.78, 5) is 17.6. The first-order valence-electron chi connectivity index (χ1n) is 6.60. The topological polar surface area (TPSA) is 77.6 Å². The third-order valence-corrected chi connectivity index (χ3v) is 4.28. The molecule has 6 heteroatoms. The number of nitrogens with zero attached hydrogens (tertiary/aromatic N) is 4. The van der Waals surface area contributed by atoms with Gasteiger partial charge in [-0.05, 0) is 46.7 Å². The molecule has 0 unspecified atom stereocenters. The van der Waals surface area contributed by atoms with Gasteiger partial charge in [0.15, 0.2) is 5.82 Å². The van der Waals surface area contributed by atoms with Gasteiger partial charge in [-0.1, -0.05) is 13.8 Å². The van der Waals surface area contributed by atoms with Crippen LogP contribution in [0.1, 0.15) is 25.5 Å². The molecule has 2 heterocycles. The van der Waals surface area contributed by atoms with Crippen molar-refractivity contribution in [3.63, 3.8) is 0 Å². The first-order chi connectivity index (χ1) is 10.1. The largest absolute Gasteiger partial charge is 0.383 e. The highest BCUT2D eigenvalue weighted by Gasteiger charge is 2.14. The second-order valence-electron chi connectivity index (χ2n) is 5.05. The predicted octanol–water partition coefficient (Wildman–Crippen LogP) is 3.40. The molecule has 0 fully saturated rings. The number of benzene rings is 1. The number of nitrogens with two attached hydrogens (primary N) is 1. The lowest BCUT2D eigenvalue weighted by Crippen LogP contribution is -2.06. The number of rotatable bonds is 2. The average molecular weight is 391 g/mol. The quantitative estimate of drug-likeness (QED) is 0.678. The van der Waals surface area contributed by atoms with Crippen molar-refractivity contribution in [2.24, 2.45) is 0 Å². The summed E-state index contributed by atoms with van der Waals surface area (Å²) in [6, 6.07) is 5.81. The predicted molar refractivity (Wildman–Crippen MR) is 91.8 cm³/mol. The third-order valence-electron chi connectivity index (χ3n) is 3.18. The van der Waals surface area contributed by atoms with Gasteiger partial charge in [0.05, 0.1) is 20.3 Å². The molecule has 0 saturated heterocycles. The summed E-state index contributed by atoms with van der Waals surface area (Å²) in [6.45, 7) is 4.19. The summed E-state index contributed by atoms with van der Waals surface area (Å²) in [5.41, 5.74) is 9.56. The van der Waals surface area contributed by atoms with Gasteiger partial charge in [-0.15, -0.1) is 0 Å². The fourth-order valence-electron chi connectivity index (χ4n) is 2.10. The smallest absolute Gasteiger partial charge is 0.161 e. The average Bonchev–Trinajstić information content (AvgIpc) is 2.49. The fraction of sp³-hybridized carbons (Fsp3) is 0.200. The van der Waals surface area contributed by atoms with E-state index in [1.54, 1.807) is 12.4 Å². The van der Waals surface area contributed by atoms with E-state index in [1.807, 2.05) is 18.2 Å². The maximum absolute atomic E-state index is 6.02. The van der Waals surface area contributed by atoms with Gasteiger partial charge < -0.3 is 5.73 Å². The first kappa shape index (κ1) is 14.1. The maximum Gasteiger partial charge on any atom is 0.161 e. The fourth-order valence-corrected chi connectivity index (χ4v) is 2.96. The Hall–Kier alpha value is -1.83. The van der Waals surface area contributed by atoms with Crippen molar-refractivity contribution in [2.45, 2.75) is 19.8 Å². The van der Waals surface area contributed by atoms with Crippen LogP contribution in [0.5, 0.6) is 0 Å². The number of anilines is 1. The highest BCUT2D eigenvalue weighted by molar-refractivity contribution is 14.1. The summed E-state index contributed by atoms with van der Waals surface area (Å²) in [5.74, 6) is 1.44. The van der Waals surface area contributed by atoms with Gasteiger partial charge in [0.25, 0.3) is 0 Å². The number of hydrogen-bond donors (Lipinski definition) is 1. The van der Waals surface area contributed by atoms with Crippen LogP contribution < -0.4 is 5.73 Å². The summed E-state index contributed by atoms with van der Waals surface area (Å²) >= 11 is 2.20. The van der Waals surface area contributed by atoms with Crippen molar-refractivity contribution in [2.75, 3.05) is 5.73 Å². The number of hydrogen-bond acceptors (Lipinski definition) is 5. The van der Waals surface area contributed by atoms with Gasteiger partial charge in [0.2, 0.25) is 0 Å². The Kier molecular flexibility index (Phi) is 3.71. The van der Waals surface area contributed by atoms with E-state index in [0.717, 1.165) is 25.9 Å². The normalized spacial score (nSPS) is 11.2. The minimum atomic E-state index is 0.293. The Morgan fingerprint density at radius 2 is 1.76 bits per heavy atom. The molecule has 106 valence electrons. The zero-order chi connectivity index (χ0) is 15.0. The Bertz CT molecular complexity index is 816. The molecular formula is C15H14IN5. The molecule has 5 nitrogen and oxygen atoms in total. The summed E-state index contributed by atoms with van der Waals surface area (Å²) in [7, 11) is 0. The molecule has 1 aromatic carbocycles. The van der Waals surface area contributed by atoms with E-state index in [0.29, 0.717) is 17.6 Å². The molecule has 0 radical (unpaired) electrons. The SMILES string of the molecule is CC(C)c1nc(-c2ccc3nccnc3c2)nc(N)c1I. The lowest BCUT2D eigenvalue weighted by molar-refractivity contribution is 0.810. The zero-order valence-corrected chi connectivity index (χ0v) is 13.9. The third kappa shape index (κ3) is 2.67. The van der Waals surface area contributed by atoms with E-state index >= 15 is 0 Å². The molecule has 2 N–H and O–H groups in total. The molecule has 0 aliphatic rings. The molecule has 0 spiro atoms. The lowest BCUT2D eigenvalue weighted by atomic mass is 10.1. The van der Waals surface area contributed by atoms with Crippen molar-refractivity contribution in [3.8, 4) is 11.4 Å². The molecule has 0 aliphatic heterocycles. The van der Waals surface area contributed by atoms with Crippen LogP contribution in [0.3, 0.4) is 0 Å². The first-order valence-corrected chi connectivity index (χ1v) is 7.68. The van der Waals surface area contributed by atoms with Gasteiger partial charge in [-0.2, -0.15) is 0 Å². The second kappa shape index (κ2) is 5.51. The number of fused-ring (bicyclic) bond motifs is 1. The van der Waals surface area contributed by atoms with Crippen molar-refractivity contribution in [1.82, 2.24) is 19.9 Å². The molecule has 21 heavy (non-hydrogen) atoms. The van der Waals surface area contributed by atoms with Crippen LogP contribution >= 0.6 is 22.6 Å². The van der Waals surface area contributed by atoms with E-state index in [-0.39, 0.29) is 0 Å². The molecule has 3 rings (SSSR count). The zero-order valence-electron chi connectivity index (χ0n) is 11.7. The van der Waals surface area contributed by atoms with Gasteiger partial charge in [0, 0.05) is 18.0 Å². The van der Waals surface area contributed by atoms with Crippen molar-refractivity contribution < 1.29 is 0 Å². The Labute approximate surface area is 136 Å². The standard InChI is InChI=1S/C15H14IN5/c1-8(2)13-12(16)14(17)21-15(20-13)9-3-4-10-11(7-9)19-6-5-18-10/h3-8H,1-2H3,(H2,17,20,21). The van der Waals surface area contributed by atoms with E-state index in [4.69, 9.17) is 5.73 Å². The summed E-state index contributed by atoms with van der Waals surface area (Å²) in [6.07, 6.45) is 3.35.